The van der Waals surface area contributed by atoms with E-state index in [2.05, 4.69) is 4.72 Å². The third-order valence-electron chi connectivity index (χ3n) is 3.54. The number of rotatable bonds is 7. The number of nitrogens with one attached hydrogen (secondary N) is 1. The zero-order chi connectivity index (χ0) is 17.7. The number of halogens is 1. The molecule has 0 fully saturated rings. The molecule has 0 aromatic heterocycles. The Morgan fingerprint density at radius 3 is 2.50 bits per heavy atom. The SMILES string of the molecule is C[C@@H](CCc1ccccc1)NS(=O)(=O)c1ccc(Cl)c(C(=O)O)c1. The molecule has 2 rings (SSSR count). The van der Waals surface area contributed by atoms with Crippen molar-refractivity contribution in [2.75, 3.05) is 0 Å². The van der Waals surface area contributed by atoms with Crippen LogP contribution in [-0.2, 0) is 16.4 Å². The molecule has 0 amide bonds. The molecule has 2 aromatic carbocycles. The average molecular weight is 368 g/mol. The molecule has 0 spiro atoms. The minimum absolute atomic E-state index is 0.00132. The summed E-state index contributed by atoms with van der Waals surface area (Å²) in [7, 11) is -3.81. The number of aryl methyl sites for hydroxylation is 1. The van der Waals surface area contributed by atoms with Crippen molar-refractivity contribution in [3.63, 3.8) is 0 Å². The third-order valence-corrected chi connectivity index (χ3v) is 5.46. The highest BCUT2D eigenvalue weighted by atomic mass is 35.5. The van der Waals surface area contributed by atoms with Crippen LogP contribution in [0.4, 0.5) is 0 Å². The lowest BCUT2D eigenvalue weighted by molar-refractivity contribution is 0.0697. The predicted molar refractivity (Wildman–Crippen MR) is 93.0 cm³/mol. The van der Waals surface area contributed by atoms with Crippen molar-refractivity contribution < 1.29 is 18.3 Å². The van der Waals surface area contributed by atoms with Gasteiger partial charge in [-0.25, -0.2) is 17.9 Å². The lowest BCUT2D eigenvalue weighted by atomic mass is 10.1. The summed E-state index contributed by atoms with van der Waals surface area (Å²) < 4.78 is 27.4. The Kier molecular flexibility index (Phi) is 5.99. The highest BCUT2D eigenvalue weighted by Gasteiger charge is 2.20. The van der Waals surface area contributed by atoms with Gasteiger partial charge in [0.25, 0.3) is 0 Å². The van der Waals surface area contributed by atoms with Crippen molar-refractivity contribution in [3.05, 3.63) is 64.7 Å². The van der Waals surface area contributed by atoms with Gasteiger partial charge in [0.05, 0.1) is 15.5 Å². The van der Waals surface area contributed by atoms with Crippen LogP contribution in [0.15, 0.2) is 53.4 Å². The van der Waals surface area contributed by atoms with Crippen LogP contribution in [0.5, 0.6) is 0 Å². The zero-order valence-electron chi connectivity index (χ0n) is 13.1. The molecular weight excluding hydrogens is 350 g/mol. The predicted octanol–water partition coefficient (Wildman–Crippen LogP) is 3.34. The van der Waals surface area contributed by atoms with Gasteiger partial charge in [-0.1, -0.05) is 41.9 Å². The molecule has 24 heavy (non-hydrogen) atoms. The van der Waals surface area contributed by atoms with E-state index in [-0.39, 0.29) is 21.5 Å². The second kappa shape index (κ2) is 7.79. The van der Waals surface area contributed by atoms with Crippen LogP contribution in [0, 0.1) is 0 Å². The molecule has 128 valence electrons. The van der Waals surface area contributed by atoms with E-state index in [1.807, 2.05) is 30.3 Å². The van der Waals surface area contributed by atoms with Crippen molar-refractivity contribution in [2.45, 2.75) is 30.7 Å². The van der Waals surface area contributed by atoms with Gasteiger partial charge >= 0.3 is 5.97 Å². The maximum absolute atomic E-state index is 12.4. The van der Waals surface area contributed by atoms with Crippen LogP contribution in [0.3, 0.4) is 0 Å². The summed E-state index contributed by atoms with van der Waals surface area (Å²) in [4.78, 5) is 11.0. The molecule has 2 N–H and O–H groups in total. The molecule has 0 unspecified atom stereocenters. The van der Waals surface area contributed by atoms with Gasteiger partial charge in [0.2, 0.25) is 10.0 Å². The quantitative estimate of drug-likeness (QED) is 0.786. The van der Waals surface area contributed by atoms with Crippen LogP contribution in [-0.4, -0.2) is 25.5 Å². The molecule has 0 saturated carbocycles. The normalized spacial score (nSPS) is 12.8. The molecule has 2 aromatic rings. The van der Waals surface area contributed by atoms with E-state index < -0.39 is 16.0 Å². The van der Waals surface area contributed by atoms with Crippen molar-refractivity contribution >= 4 is 27.6 Å². The van der Waals surface area contributed by atoms with E-state index in [0.717, 1.165) is 18.1 Å². The van der Waals surface area contributed by atoms with Gasteiger partial charge in [0, 0.05) is 6.04 Å². The summed E-state index contributed by atoms with van der Waals surface area (Å²) in [6.45, 7) is 1.77. The Morgan fingerprint density at radius 2 is 1.88 bits per heavy atom. The molecule has 0 radical (unpaired) electrons. The largest absolute Gasteiger partial charge is 0.478 e. The van der Waals surface area contributed by atoms with Gasteiger partial charge in [0.1, 0.15) is 0 Å². The van der Waals surface area contributed by atoms with Crippen LogP contribution in [0.2, 0.25) is 5.02 Å². The van der Waals surface area contributed by atoms with Crippen molar-refractivity contribution in [2.24, 2.45) is 0 Å². The first-order valence-electron chi connectivity index (χ1n) is 7.38. The van der Waals surface area contributed by atoms with Crippen LogP contribution in [0.25, 0.3) is 0 Å². The van der Waals surface area contributed by atoms with E-state index in [0.29, 0.717) is 6.42 Å². The van der Waals surface area contributed by atoms with Crippen molar-refractivity contribution in [1.82, 2.24) is 4.72 Å². The fraction of sp³-hybridized carbons (Fsp3) is 0.235. The molecule has 0 aliphatic heterocycles. The van der Waals surface area contributed by atoms with E-state index in [1.54, 1.807) is 6.92 Å². The first-order chi connectivity index (χ1) is 11.3. The number of sulfonamides is 1. The maximum atomic E-state index is 12.4. The summed E-state index contributed by atoms with van der Waals surface area (Å²) in [6, 6.07) is 13.1. The zero-order valence-corrected chi connectivity index (χ0v) is 14.6. The van der Waals surface area contributed by atoms with Gasteiger partial charge in [-0.3, -0.25) is 0 Å². The van der Waals surface area contributed by atoms with Gasteiger partial charge in [0.15, 0.2) is 0 Å². The maximum Gasteiger partial charge on any atom is 0.337 e. The molecule has 7 heteroatoms. The molecule has 1 atom stereocenters. The third kappa shape index (κ3) is 4.80. The first-order valence-corrected chi connectivity index (χ1v) is 9.25. The topological polar surface area (TPSA) is 83.5 Å². The minimum atomic E-state index is -3.81. The number of hydrogen-bond donors (Lipinski definition) is 2. The Hall–Kier alpha value is -1.89. The second-order valence-corrected chi connectivity index (χ2v) is 7.61. The summed E-state index contributed by atoms with van der Waals surface area (Å²) in [5, 5.41) is 9.05. The molecule has 0 heterocycles. The summed E-state index contributed by atoms with van der Waals surface area (Å²) in [5.41, 5.74) is 0.889. The van der Waals surface area contributed by atoms with E-state index in [9.17, 15) is 13.2 Å². The molecular formula is C17H18ClNO4S. The monoisotopic (exact) mass is 367 g/mol. The Morgan fingerprint density at radius 1 is 1.21 bits per heavy atom. The molecule has 0 aliphatic rings. The minimum Gasteiger partial charge on any atom is -0.478 e. The van der Waals surface area contributed by atoms with Gasteiger partial charge in [-0.2, -0.15) is 0 Å². The lowest BCUT2D eigenvalue weighted by Crippen LogP contribution is -2.33. The Labute approximate surface area is 146 Å². The van der Waals surface area contributed by atoms with Crippen molar-refractivity contribution in [1.29, 1.82) is 0 Å². The highest BCUT2D eigenvalue weighted by Crippen LogP contribution is 2.21. The molecule has 0 saturated heterocycles. The number of aromatic carboxylic acids is 1. The first kappa shape index (κ1) is 18.4. The Balaban J connectivity index is 2.07. The van der Waals surface area contributed by atoms with Crippen LogP contribution >= 0.6 is 11.6 Å². The number of carbonyl (C=O) groups is 1. The van der Waals surface area contributed by atoms with Gasteiger partial charge in [-0.15, -0.1) is 0 Å². The van der Waals surface area contributed by atoms with Crippen LogP contribution in [0.1, 0.15) is 29.3 Å². The van der Waals surface area contributed by atoms with Crippen LogP contribution < -0.4 is 4.72 Å². The second-order valence-electron chi connectivity index (χ2n) is 5.49. The summed E-state index contributed by atoms with van der Waals surface area (Å²) >= 11 is 5.77. The number of hydrogen-bond acceptors (Lipinski definition) is 3. The molecule has 5 nitrogen and oxygen atoms in total. The smallest absolute Gasteiger partial charge is 0.337 e. The van der Waals surface area contributed by atoms with E-state index in [1.165, 1.54) is 12.1 Å². The van der Waals surface area contributed by atoms with E-state index >= 15 is 0 Å². The molecule has 0 bridgehead atoms. The summed E-state index contributed by atoms with van der Waals surface area (Å²) in [6.07, 6.45) is 1.37. The van der Waals surface area contributed by atoms with Gasteiger partial charge in [-0.05, 0) is 43.5 Å². The average Bonchev–Trinajstić information content (AvgIpc) is 2.53. The van der Waals surface area contributed by atoms with E-state index in [4.69, 9.17) is 16.7 Å². The Bertz CT molecular complexity index is 822. The fourth-order valence-electron chi connectivity index (χ4n) is 2.26. The van der Waals surface area contributed by atoms with Crippen molar-refractivity contribution in [3.8, 4) is 0 Å². The number of carboxylic acid groups (broad SMARTS) is 1. The number of benzene rings is 2. The van der Waals surface area contributed by atoms with Gasteiger partial charge < -0.3 is 5.11 Å². The standard InChI is InChI=1S/C17H18ClNO4S/c1-12(7-8-13-5-3-2-4-6-13)19-24(22,23)14-9-10-16(18)15(11-14)17(20)21/h2-6,9-12,19H,7-8H2,1H3,(H,20,21)/t12-/m0/s1. The molecule has 0 aliphatic carbocycles. The fourth-order valence-corrected chi connectivity index (χ4v) is 3.76. The number of carboxylic acids is 1. The highest BCUT2D eigenvalue weighted by molar-refractivity contribution is 7.89. The lowest BCUT2D eigenvalue weighted by Gasteiger charge is -2.15. The summed E-state index contributed by atoms with van der Waals surface area (Å²) in [5.74, 6) is -1.27.